The van der Waals surface area contributed by atoms with Crippen molar-refractivity contribution < 1.29 is 0 Å². The summed E-state index contributed by atoms with van der Waals surface area (Å²) in [6, 6.07) is 20.7. The van der Waals surface area contributed by atoms with Gasteiger partial charge in [0, 0.05) is 0 Å². The van der Waals surface area contributed by atoms with E-state index in [4.69, 9.17) is 0 Å². The van der Waals surface area contributed by atoms with Crippen molar-refractivity contribution in [2.45, 2.75) is 0 Å². The Morgan fingerprint density at radius 3 is 2.00 bits per heavy atom. The second kappa shape index (κ2) is 4.68. The molecule has 0 atom stereocenters. The summed E-state index contributed by atoms with van der Waals surface area (Å²) in [6.07, 6.45) is 0. The number of hydrogen-bond acceptors (Lipinski definition) is 2. The predicted molar refractivity (Wildman–Crippen MR) is 72.4 cm³/mol. The van der Waals surface area contributed by atoms with E-state index in [0.29, 0.717) is 0 Å². The molecule has 1 aliphatic heterocycles. The van der Waals surface area contributed by atoms with Crippen LogP contribution in [0.15, 0.2) is 64.6 Å². The summed E-state index contributed by atoms with van der Waals surface area (Å²) >= 11 is -0.126. The Morgan fingerprint density at radius 1 is 0.765 bits per heavy atom. The van der Waals surface area contributed by atoms with Gasteiger partial charge in [-0.1, -0.05) is 0 Å². The van der Waals surface area contributed by atoms with E-state index in [2.05, 4.69) is 45.6 Å². The first-order valence-corrected chi connectivity index (χ1v) is 7.25. The van der Waals surface area contributed by atoms with Crippen molar-refractivity contribution in [2.75, 3.05) is 0 Å². The third-order valence-corrected chi connectivity index (χ3v) is 4.41. The van der Waals surface area contributed by atoms with Crippen molar-refractivity contribution in [3.05, 3.63) is 71.8 Å². The van der Waals surface area contributed by atoms with Gasteiger partial charge in [0.15, 0.2) is 0 Å². The zero-order chi connectivity index (χ0) is 11.5. The molecule has 0 amide bonds. The Morgan fingerprint density at radius 2 is 1.35 bits per heavy atom. The topological polar surface area (TPSA) is 24.4 Å². The first-order chi connectivity index (χ1) is 8.43. The minimum absolute atomic E-state index is 0.126. The van der Waals surface area contributed by atoms with E-state index >= 15 is 0 Å². The van der Waals surface area contributed by atoms with Gasteiger partial charge in [0.25, 0.3) is 0 Å². The zero-order valence-electron chi connectivity index (χ0n) is 9.17. The number of nitrogens with one attached hydrogen (secondary N) is 1. The third kappa shape index (κ3) is 2.22. The SMILES string of the molecule is c1ccc(C2=N[As]=C(c3ccccc3)N2)cc1. The molecule has 82 valence electrons. The maximum absolute atomic E-state index is 4.63. The van der Waals surface area contributed by atoms with E-state index in [1.807, 2.05) is 24.3 Å². The van der Waals surface area contributed by atoms with Crippen molar-refractivity contribution >= 4 is 25.8 Å². The molecule has 2 nitrogen and oxygen atoms in total. The number of amidine groups is 1. The molecule has 1 N–H and O–H groups in total. The van der Waals surface area contributed by atoms with E-state index < -0.39 is 0 Å². The van der Waals surface area contributed by atoms with Crippen LogP contribution in [0, 0.1) is 0 Å². The van der Waals surface area contributed by atoms with E-state index in [0.717, 1.165) is 11.4 Å². The minimum atomic E-state index is -0.126. The van der Waals surface area contributed by atoms with Crippen LogP contribution in [0.1, 0.15) is 11.1 Å². The Hall–Kier alpha value is -1.66. The zero-order valence-corrected chi connectivity index (χ0v) is 11.0. The van der Waals surface area contributed by atoms with Crippen LogP contribution in [0.2, 0.25) is 0 Å². The molecule has 0 saturated carbocycles. The molecule has 0 saturated heterocycles. The maximum atomic E-state index is 4.63. The number of rotatable bonds is 2. The van der Waals surface area contributed by atoms with Crippen LogP contribution in [0.25, 0.3) is 0 Å². The summed E-state index contributed by atoms with van der Waals surface area (Å²) < 4.78 is 5.89. The standard InChI is InChI=1S/C14H11AsN2/c1-3-7-11(8-4-1)13-15-17-14(16-13)12-9-5-2-6-10-12/h1-10H,(H,16,17). The number of hydrogen-bond donors (Lipinski definition) is 1. The molecule has 0 fully saturated rings. The average Bonchev–Trinajstić information content (AvgIpc) is 2.90. The predicted octanol–water partition coefficient (Wildman–Crippen LogP) is 1.83. The van der Waals surface area contributed by atoms with Crippen LogP contribution >= 0.6 is 0 Å². The first-order valence-electron chi connectivity index (χ1n) is 5.47. The van der Waals surface area contributed by atoms with Gasteiger partial charge in [0.1, 0.15) is 0 Å². The molecule has 1 heterocycles. The van der Waals surface area contributed by atoms with Crippen molar-refractivity contribution in [2.24, 2.45) is 3.91 Å². The van der Waals surface area contributed by atoms with E-state index in [9.17, 15) is 0 Å². The summed E-state index contributed by atoms with van der Waals surface area (Å²) in [5, 5.41) is 3.43. The quantitative estimate of drug-likeness (QED) is 0.835. The second-order valence-electron chi connectivity index (χ2n) is 3.75. The van der Waals surface area contributed by atoms with Crippen LogP contribution in [-0.4, -0.2) is 25.8 Å². The van der Waals surface area contributed by atoms with E-state index in [1.165, 1.54) is 9.99 Å². The van der Waals surface area contributed by atoms with Gasteiger partial charge in [0.05, 0.1) is 0 Å². The summed E-state index contributed by atoms with van der Waals surface area (Å²) in [4.78, 5) is 0. The van der Waals surface area contributed by atoms with Gasteiger partial charge in [-0.3, -0.25) is 0 Å². The van der Waals surface area contributed by atoms with Gasteiger partial charge in [0.2, 0.25) is 0 Å². The van der Waals surface area contributed by atoms with Gasteiger partial charge >= 0.3 is 107 Å². The summed E-state index contributed by atoms with van der Waals surface area (Å²) in [5.74, 6) is 1.00. The molecular formula is C14H11AsN2. The van der Waals surface area contributed by atoms with E-state index in [1.54, 1.807) is 0 Å². The van der Waals surface area contributed by atoms with Crippen LogP contribution < -0.4 is 5.32 Å². The Kier molecular flexibility index (Phi) is 2.89. The molecule has 0 aromatic heterocycles. The molecule has 0 bridgehead atoms. The van der Waals surface area contributed by atoms with Crippen LogP contribution in [0.3, 0.4) is 0 Å². The fourth-order valence-corrected chi connectivity index (χ4v) is 3.36. The molecule has 0 radical (unpaired) electrons. The molecule has 17 heavy (non-hydrogen) atoms. The Bertz CT molecular complexity index is 520. The molecule has 0 spiro atoms. The fourth-order valence-electron chi connectivity index (χ4n) is 1.71. The monoisotopic (exact) mass is 282 g/mol. The molecule has 2 aromatic rings. The van der Waals surface area contributed by atoms with Gasteiger partial charge < -0.3 is 0 Å². The van der Waals surface area contributed by atoms with Gasteiger partial charge in [-0.25, -0.2) is 0 Å². The third-order valence-electron chi connectivity index (χ3n) is 2.58. The summed E-state index contributed by atoms with van der Waals surface area (Å²) in [7, 11) is 0. The molecule has 1 aliphatic rings. The van der Waals surface area contributed by atoms with Gasteiger partial charge in [-0.15, -0.1) is 0 Å². The first kappa shape index (κ1) is 10.5. The molecule has 3 rings (SSSR count). The number of nitrogens with zero attached hydrogens (tertiary/aromatic N) is 1. The fraction of sp³-hybridized carbons (Fsp3) is 0. The summed E-state index contributed by atoms with van der Waals surface area (Å²) in [6.45, 7) is 0. The molecule has 3 heteroatoms. The number of benzene rings is 2. The van der Waals surface area contributed by atoms with Crippen molar-refractivity contribution in [1.82, 2.24) is 5.32 Å². The Balaban J connectivity index is 1.81. The molecular weight excluding hydrogens is 271 g/mol. The second-order valence-corrected chi connectivity index (χ2v) is 5.53. The van der Waals surface area contributed by atoms with Crippen molar-refractivity contribution in [1.29, 1.82) is 0 Å². The normalized spacial score (nSPS) is 14.8. The van der Waals surface area contributed by atoms with Gasteiger partial charge in [-0.05, 0) is 0 Å². The van der Waals surface area contributed by atoms with Crippen LogP contribution in [-0.2, 0) is 0 Å². The summed E-state index contributed by atoms with van der Waals surface area (Å²) in [5.41, 5.74) is 2.41. The van der Waals surface area contributed by atoms with Gasteiger partial charge in [-0.2, -0.15) is 0 Å². The van der Waals surface area contributed by atoms with Crippen LogP contribution in [0.4, 0.5) is 0 Å². The van der Waals surface area contributed by atoms with Crippen molar-refractivity contribution in [3.8, 4) is 0 Å². The average molecular weight is 282 g/mol. The van der Waals surface area contributed by atoms with Crippen molar-refractivity contribution in [3.63, 3.8) is 0 Å². The Labute approximate surface area is 107 Å². The molecule has 0 unspecified atom stereocenters. The van der Waals surface area contributed by atoms with E-state index in [-0.39, 0.29) is 15.5 Å². The van der Waals surface area contributed by atoms with Crippen LogP contribution in [0.5, 0.6) is 0 Å². The molecule has 2 aromatic carbocycles. The molecule has 0 aliphatic carbocycles.